The Morgan fingerprint density at radius 2 is 2.29 bits per heavy atom. The molecule has 0 N–H and O–H groups in total. The molecule has 1 rings (SSSR count). The largest absolute Gasteiger partial charge is 0.345 e. The number of ether oxygens (including phenoxy) is 2. The molecule has 41 valence electrons. The summed E-state index contributed by atoms with van der Waals surface area (Å²) in [6, 6.07) is 0. The van der Waals surface area contributed by atoms with Gasteiger partial charge in [0.2, 0.25) is 6.79 Å². The van der Waals surface area contributed by atoms with Crippen LogP contribution in [0, 0.1) is 6.79 Å². The quantitative estimate of drug-likeness (QED) is 0.452. The molecule has 2 heteroatoms. The fourth-order valence-corrected chi connectivity index (χ4v) is 0.433. The van der Waals surface area contributed by atoms with E-state index in [9.17, 15) is 0 Å². The zero-order valence-corrected chi connectivity index (χ0v) is 4.60. The highest BCUT2D eigenvalue weighted by atomic mass is 16.7. The molecule has 0 amide bonds. The summed E-state index contributed by atoms with van der Waals surface area (Å²) in [6.07, 6.45) is 0. The minimum absolute atomic E-state index is 0.0833. The molecule has 1 fully saturated rings. The van der Waals surface area contributed by atoms with Gasteiger partial charge in [-0.2, -0.15) is 0 Å². The highest BCUT2D eigenvalue weighted by Crippen LogP contribution is 2.17. The Bertz CT molecular complexity index is 60.5. The van der Waals surface area contributed by atoms with Gasteiger partial charge in [0.1, 0.15) is 0 Å². The SMILES string of the molecule is CC1(C)CO[CH]O1. The van der Waals surface area contributed by atoms with Crippen molar-refractivity contribution < 1.29 is 9.47 Å². The fraction of sp³-hybridized carbons (Fsp3) is 0.800. The first kappa shape index (κ1) is 5.06. The van der Waals surface area contributed by atoms with Gasteiger partial charge in [0.25, 0.3) is 0 Å². The zero-order chi connectivity index (χ0) is 5.33. The van der Waals surface area contributed by atoms with Gasteiger partial charge in [0.15, 0.2) is 0 Å². The maximum atomic E-state index is 4.99. The standard InChI is InChI=1S/C5H9O2/c1-5(2)3-6-4-7-5/h4H,3H2,1-2H3. The average molecular weight is 101 g/mol. The third kappa shape index (κ3) is 1.14. The van der Waals surface area contributed by atoms with Crippen molar-refractivity contribution in [3.05, 3.63) is 6.79 Å². The Balaban J connectivity index is 2.40. The van der Waals surface area contributed by atoms with Crippen molar-refractivity contribution in [2.45, 2.75) is 19.4 Å². The van der Waals surface area contributed by atoms with Crippen LogP contribution in [0.1, 0.15) is 13.8 Å². The van der Waals surface area contributed by atoms with Crippen LogP contribution in [0.25, 0.3) is 0 Å². The molecule has 7 heavy (non-hydrogen) atoms. The second-order valence-electron chi connectivity index (χ2n) is 2.28. The maximum Gasteiger partial charge on any atom is 0.210 e. The van der Waals surface area contributed by atoms with Crippen LogP contribution >= 0.6 is 0 Å². The van der Waals surface area contributed by atoms with E-state index in [1.165, 1.54) is 6.79 Å². The molecule has 1 heterocycles. The van der Waals surface area contributed by atoms with Gasteiger partial charge in [-0.3, -0.25) is 0 Å². The van der Waals surface area contributed by atoms with Crippen molar-refractivity contribution in [1.82, 2.24) is 0 Å². The summed E-state index contributed by atoms with van der Waals surface area (Å²) in [7, 11) is 0. The molecule has 1 aliphatic heterocycles. The van der Waals surface area contributed by atoms with Gasteiger partial charge in [-0.05, 0) is 13.8 Å². The van der Waals surface area contributed by atoms with Crippen LogP contribution in [-0.4, -0.2) is 12.2 Å². The molecule has 0 atom stereocenters. The van der Waals surface area contributed by atoms with E-state index in [0.717, 1.165) is 0 Å². The van der Waals surface area contributed by atoms with E-state index in [4.69, 9.17) is 9.47 Å². The molecule has 0 aliphatic carbocycles. The van der Waals surface area contributed by atoms with Gasteiger partial charge in [0, 0.05) is 0 Å². The lowest BCUT2D eigenvalue weighted by Gasteiger charge is -2.11. The summed E-state index contributed by atoms with van der Waals surface area (Å²) < 4.78 is 9.81. The van der Waals surface area contributed by atoms with Gasteiger partial charge in [-0.15, -0.1) is 0 Å². The molecule has 2 nitrogen and oxygen atoms in total. The first-order valence-corrected chi connectivity index (χ1v) is 2.32. The average Bonchev–Trinajstić information content (AvgIpc) is 1.84. The molecule has 0 saturated carbocycles. The van der Waals surface area contributed by atoms with Crippen molar-refractivity contribution in [2.75, 3.05) is 6.61 Å². The molecule has 0 bridgehead atoms. The van der Waals surface area contributed by atoms with Crippen LogP contribution in [0.5, 0.6) is 0 Å². The number of hydrogen-bond acceptors (Lipinski definition) is 2. The molecule has 0 aromatic carbocycles. The monoisotopic (exact) mass is 101 g/mol. The summed E-state index contributed by atoms with van der Waals surface area (Å²) >= 11 is 0. The van der Waals surface area contributed by atoms with Gasteiger partial charge < -0.3 is 9.47 Å². The summed E-state index contributed by atoms with van der Waals surface area (Å²) in [5.41, 5.74) is -0.0833. The van der Waals surface area contributed by atoms with E-state index in [1.54, 1.807) is 0 Å². The molecule has 0 aromatic heterocycles. The minimum atomic E-state index is -0.0833. The first-order valence-electron chi connectivity index (χ1n) is 2.32. The Morgan fingerprint density at radius 3 is 2.43 bits per heavy atom. The normalized spacial score (nSPS) is 28.3. The third-order valence-electron chi connectivity index (χ3n) is 0.866. The molecular weight excluding hydrogens is 92.1 g/mol. The van der Waals surface area contributed by atoms with E-state index in [2.05, 4.69) is 0 Å². The van der Waals surface area contributed by atoms with Gasteiger partial charge in [0.05, 0.1) is 12.2 Å². The highest BCUT2D eigenvalue weighted by molar-refractivity contribution is 4.72. The number of rotatable bonds is 0. The molecule has 0 unspecified atom stereocenters. The van der Waals surface area contributed by atoms with Crippen molar-refractivity contribution in [3.63, 3.8) is 0 Å². The highest BCUT2D eigenvalue weighted by Gasteiger charge is 2.24. The number of hydrogen-bond donors (Lipinski definition) is 0. The Hall–Kier alpha value is -0.0800. The van der Waals surface area contributed by atoms with Crippen LogP contribution in [0.2, 0.25) is 0 Å². The summed E-state index contributed by atoms with van der Waals surface area (Å²) in [5, 5.41) is 0. The summed E-state index contributed by atoms with van der Waals surface area (Å²) in [6.45, 7) is 6.03. The molecule has 1 saturated heterocycles. The van der Waals surface area contributed by atoms with E-state index in [1.807, 2.05) is 13.8 Å². The van der Waals surface area contributed by atoms with Crippen LogP contribution in [0.15, 0.2) is 0 Å². The van der Waals surface area contributed by atoms with Gasteiger partial charge >= 0.3 is 0 Å². The lowest BCUT2D eigenvalue weighted by atomic mass is 10.2. The summed E-state index contributed by atoms with van der Waals surface area (Å²) in [4.78, 5) is 0. The van der Waals surface area contributed by atoms with Crippen LogP contribution in [0.3, 0.4) is 0 Å². The third-order valence-corrected chi connectivity index (χ3v) is 0.866. The first-order chi connectivity index (χ1) is 3.21. The fourth-order valence-electron chi connectivity index (χ4n) is 0.433. The van der Waals surface area contributed by atoms with Crippen LogP contribution < -0.4 is 0 Å². The molecule has 1 aliphatic rings. The second kappa shape index (κ2) is 1.46. The van der Waals surface area contributed by atoms with Gasteiger partial charge in [-0.1, -0.05) is 0 Å². The van der Waals surface area contributed by atoms with Crippen molar-refractivity contribution in [1.29, 1.82) is 0 Å². The Kier molecular flexibility index (Phi) is 1.05. The molecule has 0 spiro atoms. The minimum Gasteiger partial charge on any atom is -0.345 e. The lowest BCUT2D eigenvalue weighted by Crippen LogP contribution is -2.20. The molecular formula is C5H9O2. The smallest absolute Gasteiger partial charge is 0.210 e. The molecule has 1 radical (unpaired) electrons. The maximum absolute atomic E-state index is 4.99. The topological polar surface area (TPSA) is 18.5 Å². The predicted molar refractivity (Wildman–Crippen MR) is 25.4 cm³/mol. The van der Waals surface area contributed by atoms with Crippen LogP contribution in [-0.2, 0) is 9.47 Å². The van der Waals surface area contributed by atoms with Crippen molar-refractivity contribution >= 4 is 0 Å². The van der Waals surface area contributed by atoms with Crippen molar-refractivity contribution in [2.24, 2.45) is 0 Å². The second-order valence-corrected chi connectivity index (χ2v) is 2.28. The van der Waals surface area contributed by atoms with Crippen LogP contribution in [0.4, 0.5) is 0 Å². The Labute approximate surface area is 43.4 Å². The summed E-state index contributed by atoms with van der Waals surface area (Å²) in [5.74, 6) is 0. The lowest BCUT2D eigenvalue weighted by molar-refractivity contribution is 0.0722. The predicted octanol–water partition coefficient (Wildman–Crippen LogP) is 0.931. The van der Waals surface area contributed by atoms with E-state index in [-0.39, 0.29) is 5.60 Å². The zero-order valence-electron chi connectivity index (χ0n) is 4.60. The van der Waals surface area contributed by atoms with Crippen molar-refractivity contribution in [3.8, 4) is 0 Å². The van der Waals surface area contributed by atoms with Gasteiger partial charge in [-0.25, -0.2) is 0 Å². The van der Waals surface area contributed by atoms with E-state index < -0.39 is 0 Å². The molecule has 0 aromatic rings. The van der Waals surface area contributed by atoms with E-state index in [0.29, 0.717) is 6.61 Å². The Morgan fingerprint density at radius 1 is 1.57 bits per heavy atom. The van der Waals surface area contributed by atoms with E-state index >= 15 is 0 Å².